The van der Waals surface area contributed by atoms with E-state index in [1.807, 2.05) is 0 Å². The third-order valence-electron chi connectivity index (χ3n) is 3.25. The van der Waals surface area contributed by atoms with Crippen LogP contribution >= 0.6 is 0 Å². The van der Waals surface area contributed by atoms with E-state index in [-0.39, 0.29) is 5.69 Å². The van der Waals surface area contributed by atoms with Gasteiger partial charge in [-0.1, -0.05) is 18.4 Å². The maximum atomic E-state index is 11.4. The van der Waals surface area contributed by atoms with Crippen LogP contribution in [-0.4, -0.2) is 28.8 Å². The van der Waals surface area contributed by atoms with Crippen LogP contribution in [0.4, 0.5) is 0 Å². The number of carbonyl (C=O) groups is 1. The number of rotatable bonds is 1. The molecule has 4 heteroatoms. The molecule has 0 aromatic carbocycles. The number of esters is 1. The molecule has 0 spiro atoms. The average Bonchev–Trinajstić information content (AvgIpc) is 2.45. The Morgan fingerprint density at radius 1 is 1.37 bits per heavy atom. The van der Waals surface area contributed by atoms with Gasteiger partial charge < -0.3 is 9.84 Å². The minimum absolute atomic E-state index is 0.227. The first kappa shape index (κ1) is 13.6. The van der Waals surface area contributed by atoms with Gasteiger partial charge in [-0.2, -0.15) is 0 Å². The molecule has 0 atom stereocenters. The van der Waals surface area contributed by atoms with Gasteiger partial charge in [0.25, 0.3) is 0 Å². The molecule has 0 radical (unpaired) electrons. The molecule has 19 heavy (non-hydrogen) atoms. The van der Waals surface area contributed by atoms with E-state index in [1.165, 1.54) is 7.11 Å². The van der Waals surface area contributed by atoms with E-state index in [1.54, 1.807) is 18.2 Å². The van der Waals surface area contributed by atoms with Gasteiger partial charge in [-0.25, -0.2) is 9.78 Å². The molecule has 0 bridgehead atoms. The van der Waals surface area contributed by atoms with Gasteiger partial charge >= 0.3 is 5.97 Å². The fraction of sp³-hybridized carbons (Fsp3) is 0.467. The molecular formula is C15H17NO3. The lowest BCUT2D eigenvalue weighted by Gasteiger charge is -2.26. The van der Waals surface area contributed by atoms with Crippen LogP contribution in [0.2, 0.25) is 0 Å². The zero-order chi connectivity index (χ0) is 13.7. The van der Waals surface area contributed by atoms with Crippen molar-refractivity contribution in [1.29, 1.82) is 0 Å². The van der Waals surface area contributed by atoms with Crippen LogP contribution in [0.15, 0.2) is 18.2 Å². The van der Waals surface area contributed by atoms with Gasteiger partial charge in [0, 0.05) is 0 Å². The summed E-state index contributed by atoms with van der Waals surface area (Å²) in [7, 11) is 1.31. The van der Waals surface area contributed by atoms with E-state index < -0.39 is 11.6 Å². The monoisotopic (exact) mass is 259 g/mol. The smallest absolute Gasteiger partial charge is 0.356 e. The Morgan fingerprint density at radius 3 is 2.79 bits per heavy atom. The van der Waals surface area contributed by atoms with Crippen molar-refractivity contribution in [3.8, 4) is 11.8 Å². The van der Waals surface area contributed by atoms with E-state index in [9.17, 15) is 9.90 Å². The van der Waals surface area contributed by atoms with E-state index in [2.05, 4.69) is 21.6 Å². The number of hydrogen-bond donors (Lipinski definition) is 1. The van der Waals surface area contributed by atoms with Gasteiger partial charge in [0.1, 0.15) is 17.0 Å². The SMILES string of the molecule is COC(=O)c1cccc(C#CC2(O)CCCCC2)n1. The number of aliphatic hydroxyl groups is 1. The van der Waals surface area contributed by atoms with Crippen LogP contribution in [0.25, 0.3) is 0 Å². The van der Waals surface area contributed by atoms with Gasteiger partial charge in [-0.3, -0.25) is 0 Å². The lowest BCUT2D eigenvalue weighted by molar-refractivity contribution is 0.0593. The number of ether oxygens (including phenoxy) is 1. The molecule has 4 nitrogen and oxygen atoms in total. The van der Waals surface area contributed by atoms with Crippen molar-refractivity contribution in [1.82, 2.24) is 4.98 Å². The summed E-state index contributed by atoms with van der Waals surface area (Å²) in [5, 5.41) is 10.3. The van der Waals surface area contributed by atoms with Gasteiger partial charge in [-0.15, -0.1) is 0 Å². The molecule has 1 aliphatic carbocycles. The molecular weight excluding hydrogens is 242 g/mol. The van der Waals surface area contributed by atoms with Gasteiger partial charge in [0.2, 0.25) is 0 Å². The lowest BCUT2D eigenvalue weighted by Crippen LogP contribution is -2.29. The molecule has 0 amide bonds. The number of hydrogen-bond acceptors (Lipinski definition) is 4. The van der Waals surface area contributed by atoms with Crippen LogP contribution in [-0.2, 0) is 4.74 Å². The second kappa shape index (κ2) is 5.85. The summed E-state index contributed by atoms with van der Waals surface area (Å²) in [6.07, 6.45) is 4.56. The quantitative estimate of drug-likeness (QED) is 0.618. The zero-order valence-corrected chi connectivity index (χ0v) is 11.0. The van der Waals surface area contributed by atoms with Crippen LogP contribution < -0.4 is 0 Å². The van der Waals surface area contributed by atoms with Crippen LogP contribution in [0, 0.1) is 11.8 Å². The van der Waals surface area contributed by atoms with E-state index in [0.717, 1.165) is 19.3 Å². The third-order valence-corrected chi connectivity index (χ3v) is 3.25. The highest BCUT2D eigenvalue weighted by molar-refractivity contribution is 5.87. The molecule has 1 saturated carbocycles. The normalized spacial score (nSPS) is 17.2. The van der Waals surface area contributed by atoms with Crippen LogP contribution in [0.3, 0.4) is 0 Å². The van der Waals surface area contributed by atoms with Crippen molar-refractivity contribution in [2.45, 2.75) is 37.7 Å². The fourth-order valence-electron chi connectivity index (χ4n) is 2.16. The lowest BCUT2D eigenvalue weighted by atomic mass is 9.85. The number of nitrogens with zero attached hydrogens (tertiary/aromatic N) is 1. The maximum absolute atomic E-state index is 11.4. The summed E-state index contributed by atoms with van der Waals surface area (Å²) in [5.41, 5.74) is -0.201. The zero-order valence-electron chi connectivity index (χ0n) is 11.0. The third kappa shape index (κ3) is 3.55. The molecule has 100 valence electrons. The van der Waals surface area contributed by atoms with Gasteiger partial charge in [0.05, 0.1) is 7.11 Å². The molecule has 0 unspecified atom stereocenters. The minimum atomic E-state index is -0.902. The Labute approximate surface area is 112 Å². The summed E-state index contributed by atoms with van der Waals surface area (Å²) in [5.74, 6) is 5.26. The second-order valence-corrected chi connectivity index (χ2v) is 4.74. The molecule has 1 fully saturated rings. The Hall–Kier alpha value is -1.86. The van der Waals surface area contributed by atoms with Crippen molar-refractivity contribution >= 4 is 5.97 Å². The topological polar surface area (TPSA) is 59.4 Å². The summed E-state index contributed by atoms with van der Waals surface area (Å²) < 4.78 is 4.61. The number of aromatic nitrogens is 1. The highest BCUT2D eigenvalue weighted by atomic mass is 16.5. The van der Waals surface area contributed by atoms with E-state index in [0.29, 0.717) is 18.5 Å². The standard InChI is InChI=1S/C15H17NO3/c1-19-14(17)13-7-5-6-12(16-13)8-11-15(18)9-3-2-4-10-15/h5-7,18H,2-4,9-10H2,1H3. The highest BCUT2D eigenvalue weighted by Crippen LogP contribution is 2.27. The second-order valence-electron chi connectivity index (χ2n) is 4.74. The predicted molar refractivity (Wildman–Crippen MR) is 70.5 cm³/mol. The molecule has 0 aliphatic heterocycles. The Kier molecular flexibility index (Phi) is 4.18. The van der Waals surface area contributed by atoms with Crippen molar-refractivity contribution in [2.75, 3.05) is 7.11 Å². The van der Waals surface area contributed by atoms with Crippen molar-refractivity contribution in [3.63, 3.8) is 0 Å². The first-order chi connectivity index (χ1) is 9.13. The Bertz CT molecular complexity index is 522. The molecule has 1 heterocycles. The summed E-state index contributed by atoms with van der Waals surface area (Å²) in [6.45, 7) is 0. The molecule has 0 saturated heterocycles. The Morgan fingerprint density at radius 2 is 2.11 bits per heavy atom. The van der Waals surface area contributed by atoms with Crippen molar-refractivity contribution < 1.29 is 14.6 Å². The number of carbonyl (C=O) groups excluding carboxylic acids is 1. The minimum Gasteiger partial charge on any atom is -0.464 e. The Balaban J connectivity index is 2.17. The number of pyridine rings is 1. The maximum Gasteiger partial charge on any atom is 0.356 e. The largest absolute Gasteiger partial charge is 0.464 e. The first-order valence-corrected chi connectivity index (χ1v) is 6.44. The van der Waals surface area contributed by atoms with Gasteiger partial charge in [0.15, 0.2) is 0 Å². The summed E-state index contributed by atoms with van der Waals surface area (Å²) in [6, 6.07) is 4.99. The molecule has 1 N–H and O–H groups in total. The highest BCUT2D eigenvalue weighted by Gasteiger charge is 2.26. The predicted octanol–water partition coefficient (Wildman–Crippen LogP) is 1.91. The fourth-order valence-corrected chi connectivity index (χ4v) is 2.16. The summed E-state index contributed by atoms with van der Waals surface area (Å²) >= 11 is 0. The summed E-state index contributed by atoms with van der Waals surface area (Å²) in [4.78, 5) is 15.5. The van der Waals surface area contributed by atoms with Crippen LogP contribution in [0.5, 0.6) is 0 Å². The molecule has 1 aliphatic rings. The van der Waals surface area contributed by atoms with E-state index >= 15 is 0 Å². The van der Waals surface area contributed by atoms with Crippen molar-refractivity contribution in [3.05, 3.63) is 29.6 Å². The average molecular weight is 259 g/mol. The molecule has 2 rings (SSSR count). The van der Waals surface area contributed by atoms with Crippen molar-refractivity contribution in [2.24, 2.45) is 0 Å². The van der Waals surface area contributed by atoms with E-state index in [4.69, 9.17) is 0 Å². The molecule has 1 aromatic rings. The van der Waals surface area contributed by atoms with Crippen LogP contribution in [0.1, 0.15) is 48.3 Å². The van der Waals surface area contributed by atoms with Gasteiger partial charge in [-0.05, 0) is 43.7 Å². The molecule has 1 aromatic heterocycles. The first-order valence-electron chi connectivity index (χ1n) is 6.44. The number of methoxy groups -OCH3 is 1.